The number of rotatable bonds is 4. The van der Waals surface area contributed by atoms with Crippen LogP contribution in [0.2, 0.25) is 0 Å². The number of hydrogen-bond acceptors (Lipinski definition) is 4. The number of aliphatic hydroxyl groups excluding tert-OH is 1. The van der Waals surface area contributed by atoms with Crippen LogP contribution in [0.25, 0.3) is 0 Å². The van der Waals surface area contributed by atoms with Gasteiger partial charge in [-0.1, -0.05) is 36.4 Å². The van der Waals surface area contributed by atoms with Crippen LogP contribution in [-0.2, 0) is 4.79 Å². The number of aliphatic hydroxyl groups is 1. The first-order valence-electron chi connectivity index (χ1n) is 8.65. The zero-order valence-corrected chi connectivity index (χ0v) is 15.7. The lowest BCUT2D eigenvalue weighted by molar-refractivity contribution is -0.117. The van der Waals surface area contributed by atoms with Crippen molar-refractivity contribution in [3.8, 4) is 0 Å². The second-order valence-electron chi connectivity index (χ2n) is 6.51. The molecule has 3 aromatic rings. The van der Waals surface area contributed by atoms with E-state index < -0.39 is 29.3 Å². The van der Waals surface area contributed by atoms with Crippen LogP contribution in [0.3, 0.4) is 0 Å². The molecule has 1 aromatic heterocycles. The second kappa shape index (κ2) is 7.05. The number of aryl methyl sites for hydroxylation is 1. The Kier molecular flexibility index (Phi) is 4.57. The van der Waals surface area contributed by atoms with Crippen molar-refractivity contribution in [1.82, 2.24) is 0 Å². The monoisotopic (exact) mass is 393 g/mol. The van der Waals surface area contributed by atoms with Gasteiger partial charge >= 0.3 is 0 Å². The molecule has 0 saturated heterocycles. The third-order valence-corrected chi connectivity index (χ3v) is 5.55. The zero-order valence-electron chi connectivity index (χ0n) is 14.9. The van der Waals surface area contributed by atoms with Crippen molar-refractivity contribution >= 4 is 28.7 Å². The Morgan fingerprint density at radius 3 is 2.57 bits per heavy atom. The van der Waals surface area contributed by atoms with E-state index in [0.29, 0.717) is 10.6 Å². The van der Waals surface area contributed by atoms with Crippen LogP contribution in [0.5, 0.6) is 0 Å². The van der Waals surface area contributed by atoms with Crippen LogP contribution in [0.15, 0.2) is 77.4 Å². The average molecular weight is 393 g/mol. The Hall–Kier alpha value is -3.25. The lowest BCUT2D eigenvalue weighted by Crippen LogP contribution is -2.31. The topological polar surface area (TPSA) is 57.6 Å². The van der Waals surface area contributed by atoms with Gasteiger partial charge in [-0.05, 0) is 42.1 Å². The van der Waals surface area contributed by atoms with Crippen LogP contribution in [-0.4, -0.2) is 16.8 Å². The summed E-state index contributed by atoms with van der Waals surface area (Å²) in [6.07, 6.45) is 0. The molecular weight excluding hydrogens is 377 g/mol. The molecule has 1 atom stereocenters. The molecule has 0 fully saturated rings. The Labute approximate surface area is 165 Å². The van der Waals surface area contributed by atoms with Crippen molar-refractivity contribution in [2.75, 3.05) is 4.90 Å². The summed E-state index contributed by atoms with van der Waals surface area (Å²) in [7, 11) is 0. The van der Waals surface area contributed by atoms with Crippen LogP contribution in [0.4, 0.5) is 10.1 Å². The minimum absolute atomic E-state index is 0.112. The number of anilines is 1. The number of hydrogen-bond donors (Lipinski definition) is 1. The maximum Gasteiger partial charge on any atom is 0.294 e. The summed E-state index contributed by atoms with van der Waals surface area (Å²) in [5.41, 5.74) is 1.43. The Bertz CT molecular complexity index is 1100. The van der Waals surface area contributed by atoms with E-state index in [1.54, 1.807) is 41.8 Å². The molecule has 0 aliphatic carbocycles. The van der Waals surface area contributed by atoms with Crippen LogP contribution < -0.4 is 4.90 Å². The minimum atomic E-state index is -1.05. The maximum absolute atomic E-state index is 14.7. The van der Waals surface area contributed by atoms with Gasteiger partial charge in [0.25, 0.3) is 5.91 Å². The molecule has 28 heavy (non-hydrogen) atoms. The predicted octanol–water partition coefficient (Wildman–Crippen LogP) is 4.98. The summed E-state index contributed by atoms with van der Waals surface area (Å²) >= 11 is 1.20. The first-order chi connectivity index (χ1) is 13.5. The van der Waals surface area contributed by atoms with Crippen LogP contribution >= 0.6 is 11.3 Å². The summed E-state index contributed by atoms with van der Waals surface area (Å²) in [5.74, 6) is -2.40. The van der Waals surface area contributed by atoms with Gasteiger partial charge < -0.3 is 5.11 Å². The third kappa shape index (κ3) is 2.92. The molecular formula is C22H16FNO3S. The van der Waals surface area contributed by atoms with Crippen molar-refractivity contribution in [2.45, 2.75) is 13.0 Å². The van der Waals surface area contributed by atoms with Gasteiger partial charge in [-0.15, -0.1) is 11.3 Å². The normalized spacial score (nSPS) is 16.7. The number of nitrogens with zero attached hydrogens (tertiary/aromatic N) is 1. The van der Waals surface area contributed by atoms with Crippen molar-refractivity contribution in [3.05, 3.63) is 99.2 Å². The fourth-order valence-corrected chi connectivity index (χ4v) is 4.09. The van der Waals surface area contributed by atoms with Gasteiger partial charge in [0.1, 0.15) is 5.82 Å². The van der Waals surface area contributed by atoms with Gasteiger partial charge in [-0.25, -0.2) is 4.39 Å². The largest absolute Gasteiger partial charge is 0.503 e. The second-order valence-corrected chi connectivity index (χ2v) is 7.45. The fourth-order valence-electron chi connectivity index (χ4n) is 3.41. The van der Waals surface area contributed by atoms with Gasteiger partial charge in [0.2, 0.25) is 5.78 Å². The molecule has 4 nitrogen and oxygen atoms in total. The van der Waals surface area contributed by atoms with E-state index in [1.165, 1.54) is 34.4 Å². The lowest BCUT2D eigenvalue weighted by atomic mass is 9.94. The Morgan fingerprint density at radius 2 is 1.89 bits per heavy atom. The van der Waals surface area contributed by atoms with E-state index in [4.69, 9.17) is 0 Å². The molecule has 0 saturated carbocycles. The van der Waals surface area contributed by atoms with Gasteiger partial charge in [-0.2, -0.15) is 0 Å². The highest BCUT2D eigenvalue weighted by atomic mass is 32.1. The maximum atomic E-state index is 14.7. The summed E-state index contributed by atoms with van der Waals surface area (Å²) in [4.78, 5) is 27.7. The van der Waals surface area contributed by atoms with E-state index in [2.05, 4.69) is 0 Å². The minimum Gasteiger partial charge on any atom is -0.503 e. The molecule has 1 unspecified atom stereocenters. The van der Waals surface area contributed by atoms with Crippen LogP contribution in [0.1, 0.15) is 26.8 Å². The number of ketones is 1. The molecule has 4 rings (SSSR count). The van der Waals surface area contributed by atoms with Crippen molar-refractivity contribution in [2.24, 2.45) is 0 Å². The lowest BCUT2D eigenvalue weighted by Gasteiger charge is -2.27. The van der Waals surface area contributed by atoms with Crippen LogP contribution in [0, 0.1) is 12.7 Å². The van der Waals surface area contributed by atoms with Crippen molar-refractivity contribution < 1.29 is 19.1 Å². The molecule has 140 valence electrons. The summed E-state index contributed by atoms with van der Waals surface area (Å²) in [6.45, 7) is 1.87. The highest BCUT2D eigenvalue weighted by molar-refractivity contribution is 7.12. The summed E-state index contributed by atoms with van der Waals surface area (Å²) < 4.78 is 14.7. The standard InChI is InChI=1S/C22H16FNO3S/c1-13-6-4-7-14(12-13)24-19(15-8-2-3-9-16(15)23)18(21(26)22(24)27)20(25)17-10-5-11-28-17/h2-12,19,26H,1H3. The highest BCUT2D eigenvalue weighted by Gasteiger charge is 2.45. The number of carbonyl (C=O) groups excluding carboxylic acids is 2. The Balaban J connectivity index is 1.92. The van der Waals surface area contributed by atoms with E-state index in [0.717, 1.165) is 5.56 Å². The molecule has 1 amide bonds. The number of halogens is 1. The molecule has 1 aliphatic rings. The number of Topliss-reactive ketones (excluding diaryl/α,β-unsaturated/α-hetero) is 1. The van der Waals surface area contributed by atoms with Gasteiger partial charge in [0, 0.05) is 11.3 Å². The van der Waals surface area contributed by atoms with Gasteiger partial charge in [0.05, 0.1) is 16.5 Å². The number of amides is 1. The quantitative estimate of drug-likeness (QED) is 0.636. The van der Waals surface area contributed by atoms with Crippen molar-refractivity contribution in [1.29, 1.82) is 0 Å². The highest BCUT2D eigenvalue weighted by Crippen LogP contribution is 2.43. The van der Waals surface area contributed by atoms with Crippen molar-refractivity contribution in [3.63, 3.8) is 0 Å². The summed E-state index contributed by atoms with van der Waals surface area (Å²) in [5, 5.41) is 12.3. The van der Waals surface area contributed by atoms with E-state index in [-0.39, 0.29) is 11.1 Å². The molecule has 2 aromatic carbocycles. The first-order valence-corrected chi connectivity index (χ1v) is 9.53. The first kappa shape index (κ1) is 18.1. The molecule has 2 heterocycles. The Morgan fingerprint density at radius 1 is 1.11 bits per heavy atom. The van der Waals surface area contributed by atoms with E-state index in [1.807, 2.05) is 13.0 Å². The average Bonchev–Trinajstić information content (AvgIpc) is 3.30. The SMILES string of the molecule is Cc1cccc(N2C(=O)C(O)=C(C(=O)c3cccs3)C2c2ccccc2F)c1. The number of benzene rings is 2. The van der Waals surface area contributed by atoms with E-state index in [9.17, 15) is 19.1 Å². The summed E-state index contributed by atoms with van der Waals surface area (Å²) in [6, 6.07) is 15.4. The number of thiophene rings is 1. The molecule has 6 heteroatoms. The molecule has 1 N–H and O–H groups in total. The van der Waals surface area contributed by atoms with E-state index >= 15 is 0 Å². The molecule has 0 radical (unpaired) electrons. The zero-order chi connectivity index (χ0) is 19.8. The third-order valence-electron chi connectivity index (χ3n) is 4.68. The van der Waals surface area contributed by atoms with Gasteiger partial charge in [-0.3, -0.25) is 14.5 Å². The molecule has 1 aliphatic heterocycles. The molecule has 0 spiro atoms. The number of carbonyl (C=O) groups is 2. The van der Waals surface area contributed by atoms with Gasteiger partial charge in [0.15, 0.2) is 5.76 Å². The molecule has 0 bridgehead atoms. The smallest absolute Gasteiger partial charge is 0.294 e. The fraction of sp³-hybridized carbons (Fsp3) is 0.0909. The predicted molar refractivity (Wildman–Crippen MR) is 106 cm³/mol.